The van der Waals surface area contributed by atoms with Crippen molar-refractivity contribution in [2.45, 2.75) is 25.7 Å². The minimum absolute atomic E-state index is 0.281. The van der Waals surface area contributed by atoms with E-state index in [0.717, 1.165) is 83.6 Å². The first-order valence-corrected chi connectivity index (χ1v) is 14.1. The Bertz CT molecular complexity index is 1440. The molecule has 7 heteroatoms. The summed E-state index contributed by atoms with van der Waals surface area (Å²) in [6.45, 7) is 2.31. The molecule has 1 fully saturated rings. The summed E-state index contributed by atoms with van der Waals surface area (Å²) < 4.78 is 12.5. The van der Waals surface area contributed by atoms with Gasteiger partial charge in [-0.3, -0.25) is 9.38 Å². The van der Waals surface area contributed by atoms with Crippen LogP contribution in [0, 0.1) is 5.92 Å². The average Bonchev–Trinajstić information content (AvgIpc) is 3.09. The standard InChI is InChI=1S/C32H31Cl2FN2O2/c1-36-31(24-18-37(19-24)15-3-14-35)21-8-6-20(7-9-21)30-26-12-10-23(32(38)39)16-22(26)4-2-5-28(30)27-13-11-25(33)17-29(27)34/h6-13,16-17,24H,2-5,14-15,18-19H2,1H3,(H,38,39)/b36-31-. The van der Waals surface area contributed by atoms with E-state index in [1.165, 1.54) is 0 Å². The summed E-state index contributed by atoms with van der Waals surface area (Å²) in [5.41, 5.74) is 8.66. The number of benzene rings is 3. The van der Waals surface area contributed by atoms with E-state index >= 15 is 0 Å². The minimum Gasteiger partial charge on any atom is -0.478 e. The molecule has 0 bridgehead atoms. The van der Waals surface area contributed by atoms with Crippen molar-refractivity contribution in [1.29, 1.82) is 0 Å². The summed E-state index contributed by atoms with van der Waals surface area (Å²) in [4.78, 5) is 18.6. The largest absolute Gasteiger partial charge is 0.478 e. The van der Waals surface area contributed by atoms with Gasteiger partial charge in [-0.15, -0.1) is 0 Å². The van der Waals surface area contributed by atoms with E-state index in [2.05, 4.69) is 34.2 Å². The van der Waals surface area contributed by atoms with Gasteiger partial charge < -0.3 is 10.0 Å². The molecule has 2 aliphatic rings. The van der Waals surface area contributed by atoms with Crippen molar-refractivity contribution in [3.8, 4) is 0 Å². The summed E-state index contributed by atoms with van der Waals surface area (Å²) in [5, 5.41) is 10.8. The minimum atomic E-state index is -0.927. The fourth-order valence-electron chi connectivity index (χ4n) is 5.82. The molecule has 0 amide bonds. The molecule has 0 spiro atoms. The Morgan fingerprint density at radius 3 is 2.38 bits per heavy atom. The molecule has 0 saturated carbocycles. The van der Waals surface area contributed by atoms with Gasteiger partial charge in [0.05, 0.1) is 12.2 Å². The van der Waals surface area contributed by atoms with Crippen molar-refractivity contribution in [2.24, 2.45) is 10.9 Å². The first-order valence-electron chi connectivity index (χ1n) is 13.3. The van der Waals surface area contributed by atoms with Gasteiger partial charge in [0, 0.05) is 48.4 Å². The highest BCUT2D eigenvalue weighted by Gasteiger charge is 2.31. The lowest BCUT2D eigenvalue weighted by Gasteiger charge is -2.40. The Balaban J connectivity index is 1.56. The van der Waals surface area contributed by atoms with Crippen LogP contribution in [0.3, 0.4) is 0 Å². The van der Waals surface area contributed by atoms with E-state index in [1.54, 1.807) is 18.2 Å². The highest BCUT2D eigenvalue weighted by Crippen LogP contribution is 2.42. The second kappa shape index (κ2) is 12.0. The highest BCUT2D eigenvalue weighted by atomic mass is 35.5. The van der Waals surface area contributed by atoms with Crippen molar-refractivity contribution in [3.05, 3.63) is 104 Å². The number of halogens is 3. The number of hydrogen-bond acceptors (Lipinski definition) is 3. The van der Waals surface area contributed by atoms with Crippen LogP contribution in [0.2, 0.25) is 10.0 Å². The van der Waals surface area contributed by atoms with Crippen molar-refractivity contribution < 1.29 is 14.3 Å². The topological polar surface area (TPSA) is 52.9 Å². The number of fused-ring (bicyclic) bond motifs is 1. The summed E-state index contributed by atoms with van der Waals surface area (Å²) in [7, 11) is 1.83. The maximum absolute atomic E-state index is 12.5. The van der Waals surface area contributed by atoms with Gasteiger partial charge in [0.2, 0.25) is 0 Å². The Hall–Kier alpha value is -2.99. The number of carbonyl (C=O) groups is 1. The molecule has 3 aromatic rings. The van der Waals surface area contributed by atoms with Crippen LogP contribution in [0.1, 0.15) is 57.4 Å². The van der Waals surface area contributed by atoms with Gasteiger partial charge in [0.1, 0.15) is 0 Å². The number of aromatic carboxylic acids is 1. The van der Waals surface area contributed by atoms with Gasteiger partial charge in [-0.05, 0) is 88.9 Å². The highest BCUT2D eigenvalue weighted by molar-refractivity contribution is 6.36. The summed E-state index contributed by atoms with van der Waals surface area (Å²) in [5.74, 6) is -0.584. The van der Waals surface area contributed by atoms with Crippen molar-refractivity contribution in [1.82, 2.24) is 4.90 Å². The number of aliphatic imine (C=N–C) groups is 1. The number of aryl methyl sites for hydroxylation is 1. The SMILES string of the molecule is C/N=C(/c1ccc(C2=C(c3ccc(Cl)cc3Cl)CCCc3cc(C(=O)O)ccc32)cc1)C1CN(CCCF)C1. The second-order valence-electron chi connectivity index (χ2n) is 10.2. The van der Waals surface area contributed by atoms with Crippen LogP contribution in [0.5, 0.6) is 0 Å². The Kier molecular flexibility index (Phi) is 8.51. The number of carboxylic acids is 1. The number of nitrogens with zero attached hydrogens (tertiary/aromatic N) is 2. The molecule has 1 aliphatic carbocycles. The summed E-state index contributed by atoms with van der Waals surface area (Å²) in [6, 6.07) is 19.5. The van der Waals surface area contributed by atoms with Gasteiger partial charge >= 0.3 is 5.97 Å². The van der Waals surface area contributed by atoms with E-state index in [0.29, 0.717) is 27.9 Å². The number of alkyl halides is 1. The number of rotatable bonds is 8. The summed E-state index contributed by atoms with van der Waals surface area (Å²) >= 11 is 12.9. The Morgan fingerprint density at radius 2 is 1.72 bits per heavy atom. The molecule has 0 aromatic heterocycles. The van der Waals surface area contributed by atoms with E-state index in [-0.39, 0.29) is 6.67 Å². The third kappa shape index (κ3) is 5.81. The maximum Gasteiger partial charge on any atom is 0.335 e. The molecular weight excluding hydrogens is 534 g/mol. The zero-order valence-corrected chi connectivity index (χ0v) is 23.4. The van der Waals surface area contributed by atoms with Crippen LogP contribution in [0.4, 0.5) is 4.39 Å². The molecular formula is C32H31Cl2FN2O2. The fourth-order valence-corrected chi connectivity index (χ4v) is 6.34. The van der Waals surface area contributed by atoms with Crippen LogP contribution in [0.15, 0.2) is 65.7 Å². The molecule has 0 radical (unpaired) electrons. The third-order valence-corrected chi connectivity index (χ3v) is 8.26. The zero-order valence-electron chi connectivity index (χ0n) is 21.9. The number of hydrogen-bond donors (Lipinski definition) is 1. The van der Waals surface area contributed by atoms with Crippen LogP contribution >= 0.6 is 23.2 Å². The van der Waals surface area contributed by atoms with Gasteiger partial charge in [-0.25, -0.2) is 4.79 Å². The van der Waals surface area contributed by atoms with Crippen molar-refractivity contribution >= 4 is 46.0 Å². The molecule has 3 aromatic carbocycles. The first-order chi connectivity index (χ1) is 18.9. The van der Waals surface area contributed by atoms with Crippen LogP contribution < -0.4 is 0 Å². The predicted octanol–water partition coefficient (Wildman–Crippen LogP) is 7.70. The molecule has 5 rings (SSSR count). The van der Waals surface area contributed by atoms with E-state index in [9.17, 15) is 14.3 Å². The van der Waals surface area contributed by atoms with Gasteiger partial charge in [-0.1, -0.05) is 59.6 Å². The quantitative estimate of drug-likeness (QED) is 0.285. The normalized spacial score (nSPS) is 16.6. The average molecular weight is 566 g/mol. The Labute approximate surface area is 238 Å². The van der Waals surface area contributed by atoms with Crippen LogP contribution in [-0.2, 0) is 6.42 Å². The molecule has 1 aliphatic heterocycles. The van der Waals surface area contributed by atoms with Gasteiger partial charge in [0.25, 0.3) is 0 Å². The van der Waals surface area contributed by atoms with Gasteiger partial charge in [0.15, 0.2) is 0 Å². The second-order valence-corrected chi connectivity index (χ2v) is 11.0. The summed E-state index contributed by atoms with van der Waals surface area (Å²) in [6.07, 6.45) is 3.03. The molecule has 1 heterocycles. The lowest BCUT2D eigenvalue weighted by Crippen LogP contribution is -2.50. The smallest absolute Gasteiger partial charge is 0.335 e. The van der Waals surface area contributed by atoms with Gasteiger partial charge in [-0.2, -0.15) is 0 Å². The molecule has 0 atom stereocenters. The molecule has 1 saturated heterocycles. The predicted molar refractivity (Wildman–Crippen MR) is 158 cm³/mol. The van der Waals surface area contributed by atoms with Crippen LogP contribution in [0.25, 0.3) is 11.1 Å². The lowest BCUT2D eigenvalue weighted by molar-refractivity contribution is 0.0696. The number of allylic oxidation sites excluding steroid dienone is 1. The molecule has 39 heavy (non-hydrogen) atoms. The molecule has 1 N–H and O–H groups in total. The molecule has 4 nitrogen and oxygen atoms in total. The van der Waals surface area contributed by atoms with Crippen molar-refractivity contribution in [2.75, 3.05) is 33.4 Å². The number of likely N-dealkylation sites (tertiary alicyclic amines) is 1. The third-order valence-electron chi connectivity index (χ3n) is 7.71. The van der Waals surface area contributed by atoms with Crippen molar-refractivity contribution in [3.63, 3.8) is 0 Å². The molecule has 202 valence electrons. The zero-order chi connectivity index (χ0) is 27.5. The van der Waals surface area contributed by atoms with E-state index < -0.39 is 5.97 Å². The lowest BCUT2D eigenvalue weighted by atomic mass is 9.85. The number of carboxylic acid groups (broad SMARTS) is 1. The van der Waals surface area contributed by atoms with E-state index in [4.69, 9.17) is 23.2 Å². The first kappa shape index (κ1) is 27.6. The Morgan fingerprint density at radius 1 is 1.00 bits per heavy atom. The van der Waals surface area contributed by atoms with Crippen LogP contribution in [-0.4, -0.2) is 55.0 Å². The van der Waals surface area contributed by atoms with E-state index in [1.807, 2.05) is 25.2 Å². The molecule has 0 unspecified atom stereocenters. The maximum atomic E-state index is 12.5. The monoisotopic (exact) mass is 564 g/mol. The fraction of sp³-hybridized carbons (Fsp3) is 0.312.